The number of nitrogens with zero attached hydrogens (tertiary/aromatic N) is 4. The first-order valence-electron chi connectivity index (χ1n) is 13.9. The number of hydrogen-bond donors (Lipinski definition) is 4. The van der Waals surface area contributed by atoms with E-state index in [-0.39, 0.29) is 23.2 Å². The summed E-state index contributed by atoms with van der Waals surface area (Å²) in [6.07, 6.45) is 8.92. The lowest BCUT2D eigenvalue weighted by atomic mass is 9.76. The Morgan fingerprint density at radius 1 is 0.585 bits per heavy atom. The summed E-state index contributed by atoms with van der Waals surface area (Å²) in [6, 6.07) is 10.8. The topological polar surface area (TPSA) is 182 Å². The van der Waals surface area contributed by atoms with Gasteiger partial charge in [0.05, 0.1) is 22.5 Å². The molecule has 0 radical (unpaired) electrons. The summed E-state index contributed by atoms with van der Waals surface area (Å²) in [4.78, 5) is 46.2. The zero-order valence-electron chi connectivity index (χ0n) is 22.6. The maximum absolute atomic E-state index is 12.2. The molecular formula is C29H34N6O6. The monoisotopic (exact) mass is 562 g/mol. The van der Waals surface area contributed by atoms with Crippen LogP contribution in [-0.2, 0) is 0 Å². The van der Waals surface area contributed by atoms with Crippen LogP contribution in [0.15, 0.2) is 69.0 Å². The van der Waals surface area contributed by atoms with Crippen molar-refractivity contribution in [2.75, 3.05) is 0 Å². The molecule has 12 heteroatoms. The minimum atomic E-state index is -1.02. The van der Waals surface area contributed by atoms with Crippen LogP contribution < -0.4 is 10.6 Å². The Hall–Kier alpha value is -4.48. The van der Waals surface area contributed by atoms with Crippen molar-refractivity contribution >= 4 is 35.4 Å². The van der Waals surface area contributed by atoms with E-state index in [4.69, 9.17) is 10.2 Å². The van der Waals surface area contributed by atoms with Crippen molar-refractivity contribution < 1.29 is 29.4 Å². The van der Waals surface area contributed by atoms with E-state index >= 15 is 0 Å². The number of amides is 4. The van der Waals surface area contributed by atoms with Crippen molar-refractivity contribution in [2.45, 2.75) is 69.9 Å². The van der Waals surface area contributed by atoms with E-state index in [0.717, 1.165) is 57.8 Å². The molecule has 0 unspecified atom stereocenters. The van der Waals surface area contributed by atoms with E-state index in [1.807, 2.05) is 0 Å². The van der Waals surface area contributed by atoms with Crippen LogP contribution in [0.5, 0.6) is 0 Å². The summed E-state index contributed by atoms with van der Waals surface area (Å²) in [6.45, 7) is 0. The predicted molar refractivity (Wildman–Crippen MR) is 149 cm³/mol. The standard InChI is InChI=1S/C29H34N6O6/c36-26(37)20-5-13-24(14-6-20)32-34-28(40)30-22-9-1-18(2-10-22)17-19-3-11-23(12-4-19)31-29(41)35-33-25-15-7-21(8-16-25)27(38)39/h5-8,13-16,18-19,22-23H,1-4,9-12,17H2,(H,30,40)(H,31,41)(H,36,37)(H,38,39). The number of urea groups is 2. The number of aromatic carboxylic acids is 2. The molecule has 0 spiro atoms. The van der Waals surface area contributed by atoms with Gasteiger partial charge in [-0.25, -0.2) is 19.2 Å². The maximum Gasteiger partial charge on any atom is 0.359 e. The lowest BCUT2D eigenvalue weighted by Gasteiger charge is -2.34. The van der Waals surface area contributed by atoms with Gasteiger partial charge in [0, 0.05) is 12.1 Å². The molecule has 2 aromatic rings. The lowest BCUT2D eigenvalue weighted by molar-refractivity contribution is 0.0686. The number of carbonyl (C=O) groups is 4. The highest BCUT2D eigenvalue weighted by Crippen LogP contribution is 2.35. The van der Waals surface area contributed by atoms with Gasteiger partial charge in [0.25, 0.3) is 0 Å². The molecule has 41 heavy (non-hydrogen) atoms. The fraction of sp³-hybridized carbons (Fsp3) is 0.448. The maximum atomic E-state index is 12.2. The summed E-state index contributed by atoms with van der Waals surface area (Å²) in [5.74, 6) is -0.809. The molecular weight excluding hydrogens is 528 g/mol. The third kappa shape index (κ3) is 9.30. The highest BCUT2D eigenvalue weighted by Gasteiger charge is 2.28. The highest BCUT2D eigenvalue weighted by atomic mass is 16.4. The van der Waals surface area contributed by atoms with Gasteiger partial charge >= 0.3 is 24.0 Å². The molecule has 0 heterocycles. The first kappa shape index (κ1) is 29.5. The largest absolute Gasteiger partial charge is 0.478 e. The summed E-state index contributed by atoms with van der Waals surface area (Å²) in [5, 5.41) is 38.9. The smallest absolute Gasteiger partial charge is 0.359 e. The Balaban J connectivity index is 1.11. The molecule has 2 aliphatic carbocycles. The van der Waals surface area contributed by atoms with Gasteiger partial charge in [-0.05, 0) is 118 Å². The van der Waals surface area contributed by atoms with Crippen LogP contribution >= 0.6 is 0 Å². The van der Waals surface area contributed by atoms with Gasteiger partial charge in [0.1, 0.15) is 0 Å². The number of benzene rings is 2. The van der Waals surface area contributed by atoms with Gasteiger partial charge in [0.15, 0.2) is 0 Å². The molecule has 2 saturated carbocycles. The molecule has 2 aromatic carbocycles. The predicted octanol–water partition coefficient (Wildman–Crippen LogP) is 6.88. The van der Waals surface area contributed by atoms with Crippen molar-refractivity contribution in [3.63, 3.8) is 0 Å². The second-order valence-corrected chi connectivity index (χ2v) is 10.7. The third-order valence-corrected chi connectivity index (χ3v) is 7.76. The molecule has 4 rings (SSSR count). The fourth-order valence-corrected chi connectivity index (χ4v) is 5.51. The summed E-state index contributed by atoms with van der Waals surface area (Å²) in [7, 11) is 0. The highest BCUT2D eigenvalue weighted by molar-refractivity contribution is 5.88. The molecule has 0 atom stereocenters. The molecule has 2 fully saturated rings. The van der Waals surface area contributed by atoms with E-state index in [2.05, 4.69) is 31.1 Å². The Kier molecular flexibility index (Phi) is 10.2. The number of nitrogens with one attached hydrogen (secondary N) is 2. The fourth-order valence-electron chi connectivity index (χ4n) is 5.51. The number of carboxylic acid groups (broad SMARTS) is 2. The lowest BCUT2D eigenvalue weighted by Crippen LogP contribution is -2.37. The third-order valence-electron chi connectivity index (χ3n) is 7.76. The number of hydrogen-bond acceptors (Lipinski definition) is 6. The molecule has 4 N–H and O–H groups in total. The minimum absolute atomic E-state index is 0.0716. The van der Waals surface area contributed by atoms with Gasteiger partial charge in [-0.2, -0.15) is 0 Å². The first-order valence-corrected chi connectivity index (χ1v) is 13.9. The van der Waals surface area contributed by atoms with Crippen LogP contribution in [0.25, 0.3) is 0 Å². The normalized spacial score (nSPS) is 22.8. The van der Waals surface area contributed by atoms with Gasteiger partial charge in [-0.15, -0.1) is 10.2 Å². The van der Waals surface area contributed by atoms with E-state index in [0.29, 0.717) is 23.2 Å². The molecule has 2 aliphatic rings. The van der Waals surface area contributed by atoms with Crippen molar-refractivity contribution in [1.82, 2.24) is 10.6 Å². The quantitative estimate of drug-likeness (QED) is 0.254. The van der Waals surface area contributed by atoms with E-state index < -0.39 is 24.0 Å². The molecule has 0 saturated heterocycles. The van der Waals surface area contributed by atoms with Crippen molar-refractivity contribution in [3.8, 4) is 0 Å². The van der Waals surface area contributed by atoms with Crippen LogP contribution in [0.1, 0.15) is 78.5 Å². The van der Waals surface area contributed by atoms with E-state index in [9.17, 15) is 19.2 Å². The van der Waals surface area contributed by atoms with Gasteiger partial charge in [-0.1, -0.05) is 10.2 Å². The van der Waals surface area contributed by atoms with Crippen LogP contribution in [0.3, 0.4) is 0 Å². The number of carbonyl (C=O) groups excluding carboxylic acids is 2. The van der Waals surface area contributed by atoms with Crippen LogP contribution in [0.2, 0.25) is 0 Å². The molecule has 0 bridgehead atoms. The van der Waals surface area contributed by atoms with Crippen molar-refractivity contribution in [1.29, 1.82) is 0 Å². The Labute approximate surface area is 237 Å². The average molecular weight is 563 g/mol. The molecule has 0 aromatic heterocycles. The number of azo groups is 2. The summed E-state index contributed by atoms with van der Waals surface area (Å²) in [5.41, 5.74) is 1.12. The SMILES string of the molecule is O=C(N=Nc1ccc(C(=O)O)cc1)NC1CCC(CC2CCC(NC(=O)N=Nc3ccc(C(=O)O)cc3)CC2)CC1. The minimum Gasteiger partial charge on any atom is -0.478 e. The summed E-state index contributed by atoms with van der Waals surface area (Å²) < 4.78 is 0. The Bertz CT molecular complexity index is 1180. The van der Waals surface area contributed by atoms with Gasteiger partial charge in [0.2, 0.25) is 0 Å². The molecule has 12 nitrogen and oxygen atoms in total. The Morgan fingerprint density at radius 2 is 0.927 bits per heavy atom. The zero-order valence-corrected chi connectivity index (χ0v) is 22.6. The van der Waals surface area contributed by atoms with E-state index in [1.165, 1.54) is 48.5 Å². The molecule has 216 valence electrons. The van der Waals surface area contributed by atoms with Crippen molar-refractivity contribution in [3.05, 3.63) is 59.7 Å². The van der Waals surface area contributed by atoms with Gasteiger partial charge < -0.3 is 20.8 Å². The molecule has 4 amide bonds. The molecule has 0 aliphatic heterocycles. The summed E-state index contributed by atoms with van der Waals surface area (Å²) >= 11 is 0. The number of rotatable bonds is 8. The van der Waals surface area contributed by atoms with E-state index in [1.54, 1.807) is 0 Å². The second kappa shape index (κ2) is 14.2. The van der Waals surface area contributed by atoms with Crippen LogP contribution in [-0.4, -0.2) is 46.3 Å². The van der Waals surface area contributed by atoms with Crippen LogP contribution in [0.4, 0.5) is 21.0 Å². The average Bonchev–Trinajstić information content (AvgIpc) is 2.97. The van der Waals surface area contributed by atoms with Crippen LogP contribution in [0, 0.1) is 11.8 Å². The first-order chi connectivity index (χ1) is 19.7. The van der Waals surface area contributed by atoms with Crippen molar-refractivity contribution in [2.24, 2.45) is 32.3 Å². The second-order valence-electron chi connectivity index (χ2n) is 10.7. The number of carboxylic acids is 2. The zero-order chi connectivity index (χ0) is 29.2. The van der Waals surface area contributed by atoms with Gasteiger partial charge in [-0.3, -0.25) is 0 Å². The Morgan fingerprint density at radius 3 is 1.24 bits per heavy atom.